The maximum Gasteiger partial charge on any atom is 0.433 e. The van der Waals surface area contributed by atoms with Crippen LogP contribution in [0.3, 0.4) is 0 Å². The number of amides is 2. The molecule has 2 heterocycles. The monoisotopic (exact) mass is 376 g/mol. The smallest absolute Gasteiger partial charge is 0.338 e. The Hall–Kier alpha value is -3.36. The van der Waals surface area contributed by atoms with Crippen LogP contribution in [-0.4, -0.2) is 21.4 Å². The molecule has 2 aromatic heterocycles. The molecular formula is C18H15F3N4O2. The highest BCUT2D eigenvalue weighted by molar-refractivity contribution is 6.01. The molecule has 9 heteroatoms. The Bertz CT molecular complexity index is 994. The topological polar surface area (TPSA) is 76.0 Å². The van der Waals surface area contributed by atoms with E-state index in [9.17, 15) is 22.8 Å². The summed E-state index contributed by atoms with van der Waals surface area (Å²) in [5, 5.41) is 6.00. The number of nitrogens with one attached hydrogen (secondary N) is 2. The number of alkyl halides is 3. The predicted molar refractivity (Wildman–Crippen MR) is 94.1 cm³/mol. The molecule has 3 rings (SSSR count). The highest BCUT2D eigenvalue weighted by atomic mass is 19.4. The fourth-order valence-corrected chi connectivity index (χ4v) is 2.65. The van der Waals surface area contributed by atoms with Gasteiger partial charge in [-0.25, -0.2) is 4.98 Å². The summed E-state index contributed by atoms with van der Waals surface area (Å²) in [6.45, 7) is 1.36. The summed E-state index contributed by atoms with van der Waals surface area (Å²) in [6, 6.07) is 9.03. The first-order valence-electron chi connectivity index (χ1n) is 7.92. The number of carbonyl (C=O) groups is 2. The maximum atomic E-state index is 12.5. The van der Waals surface area contributed by atoms with Gasteiger partial charge in [-0.05, 0) is 30.3 Å². The molecule has 0 unspecified atom stereocenters. The Kier molecular flexibility index (Phi) is 4.85. The molecular weight excluding hydrogens is 361 g/mol. The van der Waals surface area contributed by atoms with Crippen molar-refractivity contribution in [3.8, 4) is 0 Å². The van der Waals surface area contributed by atoms with Crippen molar-refractivity contribution in [2.24, 2.45) is 0 Å². The highest BCUT2D eigenvalue weighted by Crippen LogP contribution is 2.28. The van der Waals surface area contributed by atoms with Crippen molar-refractivity contribution in [2.45, 2.75) is 19.6 Å². The van der Waals surface area contributed by atoms with Gasteiger partial charge in [-0.3, -0.25) is 9.59 Å². The molecule has 0 aliphatic heterocycles. The second-order valence-corrected chi connectivity index (χ2v) is 5.84. The number of halogens is 3. The van der Waals surface area contributed by atoms with Crippen LogP contribution in [0.1, 0.15) is 12.6 Å². The summed E-state index contributed by atoms with van der Waals surface area (Å²) in [7, 11) is 0. The van der Waals surface area contributed by atoms with E-state index in [1.54, 1.807) is 35.0 Å². The number of hydrogen-bond donors (Lipinski definition) is 2. The predicted octanol–water partition coefficient (Wildman–Crippen LogP) is 3.65. The van der Waals surface area contributed by atoms with E-state index in [1.165, 1.54) is 6.92 Å². The first-order chi connectivity index (χ1) is 12.7. The van der Waals surface area contributed by atoms with Gasteiger partial charge < -0.3 is 15.2 Å². The van der Waals surface area contributed by atoms with Crippen molar-refractivity contribution >= 4 is 34.1 Å². The summed E-state index contributed by atoms with van der Waals surface area (Å²) in [5.74, 6) is -0.623. The molecule has 1 aromatic carbocycles. The van der Waals surface area contributed by atoms with Crippen LogP contribution in [0.15, 0.2) is 48.8 Å². The molecule has 0 radical (unpaired) electrons. The number of anilines is 2. The van der Waals surface area contributed by atoms with Crippen LogP contribution >= 0.6 is 0 Å². The lowest BCUT2D eigenvalue weighted by atomic mass is 10.2. The van der Waals surface area contributed by atoms with Gasteiger partial charge in [-0.2, -0.15) is 13.2 Å². The molecule has 0 aliphatic carbocycles. The number of nitrogens with zero attached hydrogens (tertiary/aromatic N) is 2. The zero-order valence-corrected chi connectivity index (χ0v) is 14.2. The number of hydrogen-bond acceptors (Lipinski definition) is 3. The summed E-state index contributed by atoms with van der Waals surface area (Å²) in [5.41, 5.74) is 0.513. The molecule has 0 fully saturated rings. The van der Waals surface area contributed by atoms with Crippen LogP contribution in [0.25, 0.3) is 10.9 Å². The van der Waals surface area contributed by atoms with Gasteiger partial charge in [-0.1, -0.05) is 6.07 Å². The van der Waals surface area contributed by atoms with Crippen LogP contribution in [-0.2, 0) is 22.3 Å². The van der Waals surface area contributed by atoms with E-state index in [0.29, 0.717) is 5.69 Å². The lowest BCUT2D eigenvalue weighted by Gasteiger charge is -2.10. The third-order valence-electron chi connectivity index (χ3n) is 3.78. The Labute approximate surface area is 152 Å². The second kappa shape index (κ2) is 7.10. The summed E-state index contributed by atoms with van der Waals surface area (Å²) in [4.78, 5) is 26.8. The van der Waals surface area contributed by atoms with Gasteiger partial charge in [0.2, 0.25) is 11.8 Å². The lowest BCUT2D eigenvalue weighted by Crippen LogP contribution is -2.18. The third-order valence-corrected chi connectivity index (χ3v) is 3.78. The van der Waals surface area contributed by atoms with E-state index < -0.39 is 17.8 Å². The molecule has 140 valence electrons. The number of pyridine rings is 1. The van der Waals surface area contributed by atoms with Crippen LogP contribution in [0.2, 0.25) is 0 Å². The third kappa shape index (κ3) is 4.25. The van der Waals surface area contributed by atoms with E-state index >= 15 is 0 Å². The fourth-order valence-electron chi connectivity index (χ4n) is 2.65. The van der Waals surface area contributed by atoms with Gasteiger partial charge in [0.1, 0.15) is 12.2 Å². The largest absolute Gasteiger partial charge is 0.433 e. The molecule has 6 nitrogen and oxygen atoms in total. The second-order valence-electron chi connectivity index (χ2n) is 5.84. The minimum atomic E-state index is -4.53. The van der Waals surface area contributed by atoms with Crippen molar-refractivity contribution in [3.63, 3.8) is 0 Å². The van der Waals surface area contributed by atoms with Crippen LogP contribution in [0, 0.1) is 0 Å². The first kappa shape index (κ1) is 18.4. The van der Waals surface area contributed by atoms with Crippen molar-refractivity contribution in [1.82, 2.24) is 9.55 Å². The Morgan fingerprint density at radius 3 is 2.52 bits per heavy atom. The van der Waals surface area contributed by atoms with Crippen LogP contribution < -0.4 is 10.6 Å². The van der Waals surface area contributed by atoms with Gasteiger partial charge in [0.15, 0.2) is 0 Å². The van der Waals surface area contributed by atoms with Crippen molar-refractivity contribution in [1.29, 1.82) is 0 Å². The van der Waals surface area contributed by atoms with Gasteiger partial charge in [0.05, 0.1) is 23.1 Å². The zero-order valence-electron chi connectivity index (χ0n) is 14.2. The lowest BCUT2D eigenvalue weighted by molar-refractivity contribution is -0.141. The van der Waals surface area contributed by atoms with E-state index in [2.05, 4.69) is 15.6 Å². The number of benzene rings is 1. The minimum absolute atomic E-state index is 0.0476. The molecule has 0 atom stereocenters. The van der Waals surface area contributed by atoms with Crippen LogP contribution in [0.5, 0.6) is 0 Å². The van der Waals surface area contributed by atoms with Crippen molar-refractivity contribution in [3.05, 3.63) is 54.5 Å². The van der Waals surface area contributed by atoms with E-state index in [-0.39, 0.29) is 18.1 Å². The fraction of sp³-hybridized carbons (Fsp3) is 0.167. The van der Waals surface area contributed by atoms with Crippen LogP contribution in [0.4, 0.5) is 24.5 Å². The van der Waals surface area contributed by atoms with Gasteiger partial charge >= 0.3 is 6.18 Å². The zero-order chi connectivity index (χ0) is 19.6. The van der Waals surface area contributed by atoms with E-state index in [1.807, 2.05) is 0 Å². The molecule has 0 saturated heterocycles. The molecule has 27 heavy (non-hydrogen) atoms. The molecule has 3 aromatic rings. The number of aromatic nitrogens is 2. The normalized spacial score (nSPS) is 11.4. The molecule has 0 aliphatic rings. The Morgan fingerprint density at radius 2 is 1.89 bits per heavy atom. The SMILES string of the molecule is CC(=O)Nc1cccc2c1ccn2CC(=O)Nc1ccc(C(F)(F)F)nc1. The molecule has 0 saturated carbocycles. The highest BCUT2D eigenvalue weighted by Gasteiger charge is 2.32. The Morgan fingerprint density at radius 1 is 1.11 bits per heavy atom. The van der Waals surface area contributed by atoms with Crippen molar-refractivity contribution in [2.75, 3.05) is 10.6 Å². The maximum absolute atomic E-state index is 12.5. The Balaban J connectivity index is 1.74. The summed E-state index contributed by atoms with van der Waals surface area (Å²) < 4.78 is 39.2. The van der Waals surface area contributed by atoms with Gasteiger partial charge in [0, 0.05) is 18.5 Å². The quantitative estimate of drug-likeness (QED) is 0.730. The van der Waals surface area contributed by atoms with Gasteiger partial charge in [-0.15, -0.1) is 0 Å². The molecule has 2 amide bonds. The number of rotatable bonds is 4. The first-order valence-corrected chi connectivity index (χ1v) is 7.92. The summed E-state index contributed by atoms with van der Waals surface area (Å²) in [6.07, 6.45) is -1.87. The number of fused-ring (bicyclic) bond motifs is 1. The summed E-state index contributed by atoms with van der Waals surface area (Å²) >= 11 is 0. The average Bonchev–Trinajstić information content (AvgIpc) is 2.98. The molecule has 0 bridgehead atoms. The molecule has 0 spiro atoms. The van der Waals surface area contributed by atoms with E-state index in [0.717, 1.165) is 29.2 Å². The van der Waals surface area contributed by atoms with Gasteiger partial charge in [0.25, 0.3) is 0 Å². The standard InChI is InChI=1S/C18H15F3N4O2/c1-11(26)23-14-3-2-4-15-13(14)7-8-25(15)10-17(27)24-12-5-6-16(22-9-12)18(19,20)21/h2-9H,10H2,1H3,(H,23,26)(H,24,27). The number of carbonyl (C=O) groups excluding carboxylic acids is 2. The van der Waals surface area contributed by atoms with Crippen molar-refractivity contribution < 1.29 is 22.8 Å². The average molecular weight is 376 g/mol. The molecule has 2 N–H and O–H groups in total. The van der Waals surface area contributed by atoms with E-state index in [4.69, 9.17) is 0 Å². The minimum Gasteiger partial charge on any atom is -0.338 e.